The van der Waals surface area contributed by atoms with Crippen LogP contribution in [0.3, 0.4) is 0 Å². The van der Waals surface area contributed by atoms with Gasteiger partial charge in [-0.3, -0.25) is 0 Å². The largest absolute Gasteiger partial charge is 0.313 e. The smallest absolute Gasteiger partial charge is 0.0346 e. The molecule has 1 aliphatic carbocycles. The minimum atomic E-state index is 0.589. The normalized spacial score (nSPS) is 19.1. The Morgan fingerprint density at radius 2 is 1.92 bits per heavy atom. The Hall–Kier alpha value is -0.820. The highest BCUT2D eigenvalue weighted by atomic mass is 14.9. The first kappa shape index (κ1) is 7.81. The predicted molar refractivity (Wildman–Crippen MR) is 51.0 cm³/mol. The molecule has 1 saturated carbocycles. The standard InChI is InChI=1S/C11H15N/c1-12-11(10-7-8-10)9-5-3-2-4-6-9/h2-6,10-12H,7-8H2,1H3. The van der Waals surface area contributed by atoms with Crippen molar-refractivity contribution in [1.29, 1.82) is 0 Å². The van der Waals surface area contributed by atoms with Crippen LogP contribution in [0.1, 0.15) is 24.4 Å². The molecule has 0 heterocycles. The molecule has 1 aromatic carbocycles. The lowest BCUT2D eigenvalue weighted by molar-refractivity contribution is 0.529. The first-order valence-electron chi connectivity index (χ1n) is 4.64. The van der Waals surface area contributed by atoms with Crippen LogP contribution in [0.2, 0.25) is 0 Å². The number of rotatable bonds is 3. The molecule has 0 saturated heterocycles. The topological polar surface area (TPSA) is 12.0 Å². The van der Waals surface area contributed by atoms with E-state index in [1.54, 1.807) is 0 Å². The molecule has 0 radical (unpaired) electrons. The fourth-order valence-corrected chi connectivity index (χ4v) is 1.76. The number of nitrogens with one attached hydrogen (secondary N) is 1. The molecule has 1 N–H and O–H groups in total. The van der Waals surface area contributed by atoms with Crippen molar-refractivity contribution in [2.75, 3.05) is 7.05 Å². The molecule has 0 bridgehead atoms. The highest BCUT2D eigenvalue weighted by Gasteiger charge is 2.30. The number of benzene rings is 1. The number of hydrogen-bond donors (Lipinski definition) is 1. The molecule has 0 aliphatic heterocycles. The Kier molecular flexibility index (Phi) is 2.13. The molecule has 1 atom stereocenters. The Balaban J connectivity index is 2.15. The van der Waals surface area contributed by atoms with Gasteiger partial charge in [0, 0.05) is 6.04 Å². The molecular formula is C11H15N. The summed E-state index contributed by atoms with van der Waals surface area (Å²) in [6.07, 6.45) is 2.78. The van der Waals surface area contributed by atoms with Crippen molar-refractivity contribution >= 4 is 0 Å². The van der Waals surface area contributed by atoms with Gasteiger partial charge in [0.15, 0.2) is 0 Å². The Labute approximate surface area is 73.8 Å². The van der Waals surface area contributed by atoms with Gasteiger partial charge in [0.1, 0.15) is 0 Å². The zero-order valence-electron chi connectivity index (χ0n) is 7.46. The molecule has 1 nitrogen and oxygen atoms in total. The first-order chi connectivity index (χ1) is 5.92. The molecule has 1 unspecified atom stereocenters. The summed E-state index contributed by atoms with van der Waals surface area (Å²) in [4.78, 5) is 0. The summed E-state index contributed by atoms with van der Waals surface area (Å²) in [6, 6.07) is 11.3. The van der Waals surface area contributed by atoms with E-state index in [1.807, 2.05) is 0 Å². The molecule has 0 aromatic heterocycles. The maximum absolute atomic E-state index is 3.38. The van der Waals surface area contributed by atoms with Gasteiger partial charge in [-0.25, -0.2) is 0 Å². The second-order valence-corrected chi connectivity index (χ2v) is 3.51. The van der Waals surface area contributed by atoms with Gasteiger partial charge >= 0.3 is 0 Å². The van der Waals surface area contributed by atoms with Crippen molar-refractivity contribution in [3.8, 4) is 0 Å². The van der Waals surface area contributed by atoms with Gasteiger partial charge in [-0.15, -0.1) is 0 Å². The van der Waals surface area contributed by atoms with E-state index >= 15 is 0 Å². The van der Waals surface area contributed by atoms with Gasteiger partial charge in [0.25, 0.3) is 0 Å². The zero-order valence-corrected chi connectivity index (χ0v) is 7.46. The molecule has 1 fully saturated rings. The van der Waals surface area contributed by atoms with E-state index in [2.05, 4.69) is 42.7 Å². The summed E-state index contributed by atoms with van der Waals surface area (Å²) in [7, 11) is 2.05. The molecule has 1 heteroatoms. The molecule has 2 rings (SSSR count). The van der Waals surface area contributed by atoms with Crippen LogP contribution < -0.4 is 5.32 Å². The lowest BCUT2D eigenvalue weighted by atomic mass is 10.0. The molecular weight excluding hydrogens is 146 g/mol. The quantitative estimate of drug-likeness (QED) is 0.717. The van der Waals surface area contributed by atoms with Gasteiger partial charge in [-0.2, -0.15) is 0 Å². The first-order valence-corrected chi connectivity index (χ1v) is 4.64. The van der Waals surface area contributed by atoms with Crippen molar-refractivity contribution in [2.45, 2.75) is 18.9 Å². The Bertz CT molecular complexity index is 238. The average molecular weight is 161 g/mol. The van der Waals surface area contributed by atoms with Crippen molar-refractivity contribution in [1.82, 2.24) is 5.32 Å². The van der Waals surface area contributed by atoms with Gasteiger partial charge in [-0.1, -0.05) is 30.3 Å². The van der Waals surface area contributed by atoms with Crippen LogP contribution in [0.4, 0.5) is 0 Å². The third-order valence-corrected chi connectivity index (χ3v) is 2.56. The van der Waals surface area contributed by atoms with Crippen molar-refractivity contribution in [2.24, 2.45) is 5.92 Å². The SMILES string of the molecule is CNC(c1ccccc1)C1CC1. The second kappa shape index (κ2) is 3.28. The van der Waals surface area contributed by atoms with Gasteiger partial charge in [-0.05, 0) is 31.4 Å². The monoisotopic (exact) mass is 161 g/mol. The van der Waals surface area contributed by atoms with Crippen molar-refractivity contribution in [3.63, 3.8) is 0 Å². The molecule has 1 aliphatic rings. The summed E-state index contributed by atoms with van der Waals surface area (Å²) >= 11 is 0. The van der Waals surface area contributed by atoms with Gasteiger partial charge < -0.3 is 5.32 Å². The zero-order chi connectivity index (χ0) is 8.39. The van der Waals surface area contributed by atoms with Crippen molar-refractivity contribution in [3.05, 3.63) is 35.9 Å². The Morgan fingerprint density at radius 1 is 1.25 bits per heavy atom. The Morgan fingerprint density at radius 3 is 2.42 bits per heavy atom. The van der Waals surface area contributed by atoms with Crippen LogP contribution in [0.5, 0.6) is 0 Å². The molecule has 0 spiro atoms. The van der Waals surface area contributed by atoms with Crippen LogP contribution in [0, 0.1) is 5.92 Å². The highest BCUT2D eigenvalue weighted by Crippen LogP contribution is 2.40. The van der Waals surface area contributed by atoms with Crippen LogP contribution in [0.25, 0.3) is 0 Å². The van der Waals surface area contributed by atoms with Gasteiger partial charge in [0.2, 0.25) is 0 Å². The lowest BCUT2D eigenvalue weighted by Crippen LogP contribution is -2.17. The molecule has 0 amide bonds. The lowest BCUT2D eigenvalue weighted by Gasteiger charge is -2.15. The van der Waals surface area contributed by atoms with E-state index in [0.717, 1.165) is 5.92 Å². The van der Waals surface area contributed by atoms with Crippen LogP contribution in [0.15, 0.2) is 30.3 Å². The molecule has 12 heavy (non-hydrogen) atoms. The van der Waals surface area contributed by atoms with E-state index in [9.17, 15) is 0 Å². The summed E-state index contributed by atoms with van der Waals surface area (Å²) in [5.74, 6) is 0.886. The van der Waals surface area contributed by atoms with E-state index in [0.29, 0.717) is 6.04 Å². The van der Waals surface area contributed by atoms with Gasteiger partial charge in [0.05, 0.1) is 0 Å². The maximum Gasteiger partial charge on any atom is 0.0346 e. The third kappa shape index (κ3) is 1.51. The fraction of sp³-hybridized carbons (Fsp3) is 0.455. The van der Waals surface area contributed by atoms with Crippen molar-refractivity contribution < 1.29 is 0 Å². The predicted octanol–water partition coefficient (Wildman–Crippen LogP) is 2.36. The summed E-state index contributed by atoms with van der Waals surface area (Å²) < 4.78 is 0. The highest BCUT2D eigenvalue weighted by molar-refractivity contribution is 5.20. The average Bonchev–Trinajstić information content (AvgIpc) is 2.92. The van der Waals surface area contributed by atoms with E-state index in [1.165, 1.54) is 18.4 Å². The van der Waals surface area contributed by atoms with E-state index in [4.69, 9.17) is 0 Å². The second-order valence-electron chi connectivity index (χ2n) is 3.51. The fourth-order valence-electron chi connectivity index (χ4n) is 1.76. The maximum atomic E-state index is 3.38. The van der Waals surface area contributed by atoms with E-state index < -0.39 is 0 Å². The van der Waals surface area contributed by atoms with E-state index in [-0.39, 0.29) is 0 Å². The molecule has 1 aromatic rings. The minimum absolute atomic E-state index is 0.589. The minimum Gasteiger partial charge on any atom is -0.313 e. The van der Waals surface area contributed by atoms with Crippen LogP contribution in [-0.4, -0.2) is 7.05 Å². The third-order valence-electron chi connectivity index (χ3n) is 2.56. The van der Waals surface area contributed by atoms with Crippen LogP contribution in [-0.2, 0) is 0 Å². The van der Waals surface area contributed by atoms with Crippen LogP contribution >= 0.6 is 0 Å². The summed E-state index contributed by atoms with van der Waals surface area (Å²) in [6.45, 7) is 0. The summed E-state index contributed by atoms with van der Waals surface area (Å²) in [5, 5.41) is 3.38. The number of hydrogen-bond acceptors (Lipinski definition) is 1. The summed E-state index contributed by atoms with van der Waals surface area (Å²) in [5.41, 5.74) is 1.43. The molecule has 64 valence electrons.